The van der Waals surface area contributed by atoms with E-state index in [9.17, 15) is 18.0 Å². The van der Waals surface area contributed by atoms with Crippen molar-refractivity contribution < 1.29 is 18.0 Å². The summed E-state index contributed by atoms with van der Waals surface area (Å²) in [6.07, 6.45) is -2.17. The van der Waals surface area contributed by atoms with E-state index in [2.05, 4.69) is 22.4 Å². The van der Waals surface area contributed by atoms with Crippen molar-refractivity contribution in [3.05, 3.63) is 59.8 Å². The molecule has 2 aromatic rings. The summed E-state index contributed by atoms with van der Waals surface area (Å²) in [6.45, 7) is 1.86. The van der Waals surface area contributed by atoms with Gasteiger partial charge < -0.3 is 10.2 Å². The van der Waals surface area contributed by atoms with E-state index in [-0.39, 0.29) is 11.8 Å². The van der Waals surface area contributed by atoms with Gasteiger partial charge in [-0.05, 0) is 30.5 Å². The zero-order valence-electron chi connectivity index (χ0n) is 16.0. The Morgan fingerprint density at radius 3 is 2.48 bits per heavy atom. The summed E-state index contributed by atoms with van der Waals surface area (Å²) >= 11 is 1.78. The number of carbonyl (C=O) groups is 1. The van der Waals surface area contributed by atoms with E-state index in [0.717, 1.165) is 23.8 Å². The highest BCUT2D eigenvalue weighted by molar-refractivity contribution is 7.98. The summed E-state index contributed by atoms with van der Waals surface area (Å²) in [6, 6.07) is 12.7. The Hall–Kier alpha value is -2.22. The molecule has 0 bridgehead atoms. The van der Waals surface area contributed by atoms with Crippen molar-refractivity contribution in [3.8, 4) is 0 Å². The normalized spacial score (nSPS) is 15.3. The topological polar surface area (TPSA) is 45.2 Å². The van der Waals surface area contributed by atoms with Gasteiger partial charge in [-0.1, -0.05) is 30.3 Å². The standard InChI is InChI=1S/C21H24F3N3OS/c22-21(23,24)18-6-7-19(26-14-18)27-11-8-17(9-12-27)20(28)25-10-13-29-15-16-4-2-1-3-5-16/h1-7,14,17H,8-13,15H2,(H,25,28). The Morgan fingerprint density at radius 1 is 1.14 bits per heavy atom. The molecule has 1 aromatic carbocycles. The quantitative estimate of drug-likeness (QED) is 0.672. The Bertz CT molecular complexity index is 776. The van der Waals surface area contributed by atoms with Crippen LogP contribution in [0.25, 0.3) is 0 Å². The Balaban J connectivity index is 1.36. The second kappa shape index (κ2) is 10.0. The van der Waals surface area contributed by atoms with Gasteiger partial charge in [0.2, 0.25) is 5.91 Å². The first kappa shape index (κ1) is 21.5. The molecule has 1 fully saturated rings. The summed E-state index contributed by atoms with van der Waals surface area (Å²) in [5.74, 6) is 2.31. The van der Waals surface area contributed by atoms with Crippen LogP contribution >= 0.6 is 11.8 Å². The molecule has 1 amide bonds. The Kier molecular flexibility index (Phi) is 7.41. The third-order valence-electron chi connectivity index (χ3n) is 4.92. The highest BCUT2D eigenvalue weighted by Gasteiger charge is 2.31. The van der Waals surface area contributed by atoms with Crippen molar-refractivity contribution in [2.45, 2.75) is 24.8 Å². The van der Waals surface area contributed by atoms with Gasteiger partial charge in [0.25, 0.3) is 0 Å². The molecular weight excluding hydrogens is 399 g/mol. The van der Waals surface area contributed by atoms with Crippen LogP contribution in [0.1, 0.15) is 24.0 Å². The van der Waals surface area contributed by atoms with Gasteiger partial charge >= 0.3 is 6.18 Å². The van der Waals surface area contributed by atoms with E-state index < -0.39 is 11.7 Å². The van der Waals surface area contributed by atoms with E-state index in [1.54, 1.807) is 11.8 Å². The number of nitrogens with zero attached hydrogens (tertiary/aromatic N) is 2. The average molecular weight is 424 g/mol. The van der Waals surface area contributed by atoms with E-state index in [1.165, 1.54) is 11.6 Å². The first-order valence-corrected chi connectivity index (χ1v) is 10.8. The number of pyridine rings is 1. The summed E-state index contributed by atoms with van der Waals surface area (Å²) in [4.78, 5) is 18.2. The third kappa shape index (κ3) is 6.39. The first-order chi connectivity index (χ1) is 13.9. The number of nitrogens with one attached hydrogen (secondary N) is 1. The molecule has 0 spiro atoms. The molecular formula is C21H24F3N3OS. The van der Waals surface area contributed by atoms with E-state index >= 15 is 0 Å². The number of amides is 1. The molecule has 4 nitrogen and oxygen atoms in total. The molecule has 3 rings (SSSR count). The van der Waals surface area contributed by atoms with E-state index in [1.807, 2.05) is 23.1 Å². The minimum absolute atomic E-state index is 0.0557. The average Bonchev–Trinajstić information content (AvgIpc) is 2.74. The minimum atomic E-state index is -4.38. The van der Waals surface area contributed by atoms with Crippen molar-refractivity contribution in [1.82, 2.24) is 10.3 Å². The Labute approximate surface area is 172 Å². The number of aromatic nitrogens is 1. The fraction of sp³-hybridized carbons (Fsp3) is 0.429. The molecule has 1 aliphatic heterocycles. The van der Waals surface area contributed by atoms with E-state index in [0.29, 0.717) is 38.3 Å². The molecule has 1 N–H and O–H groups in total. The zero-order valence-corrected chi connectivity index (χ0v) is 16.8. The molecule has 1 saturated heterocycles. The van der Waals surface area contributed by atoms with Crippen LogP contribution in [0.4, 0.5) is 19.0 Å². The molecule has 2 heterocycles. The van der Waals surface area contributed by atoms with Crippen LogP contribution in [0.15, 0.2) is 48.7 Å². The number of hydrogen-bond donors (Lipinski definition) is 1. The molecule has 0 radical (unpaired) electrons. The Morgan fingerprint density at radius 2 is 1.86 bits per heavy atom. The fourth-order valence-electron chi connectivity index (χ4n) is 3.27. The lowest BCUT2D eigenvalue weighted by molar-refractivity contribution is -0.137. The maximum absolute atomic E-state index is 12.6. The van der Waals surface area contributed by atoms with Crippen LogP contribution in [-0.2, 0) is 16.7 Å². The zero-order chi connectivity index (χ0) is 20.7. The number of halogens is 3. The maximum Gasteiger partial charge on any atom is 0.417 e. The lowest BCUT2D eigenvalue weighted by atomic mass is 9.96. The molecule has 8 heteroatoms. The second-order valence-electron chi connectivity index (χ2n) is 6.99. The summed E-state index contributed by atoms with van der Waals surface area (Å²) < 4.78 is 37.9. The predicted octanol–water partition coefficient (Wildman–Crippen LogP) is 4.37. The molecule has 1 aromatic heterocycles. The number of carbonyl (C=O) groups excluding carboxylic acids is 1. The predicted molar refractivity (Wildman–Crippen MR) is 110 cm³/mol. The van der Waals surface area contributed by atoms with Crippen molar-refractivity contribution in [2.75, 3.05) is 30.3 Å². The van der Waals surface area contributed by atoms with Gasteiger partial charge in [-0.25, -0.2) is 4.98 Å². The van der Waals surface area contributed by atoms with Crippen LogP contribution in [0.5, 0.6) is 0 Å². The lowest BCUT2D eigenvalue weighted by Gasteiger charge is -2.32. The second-order valence-corrected chi connectivity index (χ2v) is 8.10. The van der Waals surface area contributed by atoms with Gasteiger partial charge in [0, 0.05) is 43.3 Å². The summed E-state index contributed by atoms with van der Waals surface area (Å²) in [5, 5.41) is 3.00. The van der Waals surface area contributed by atoms with Crippen molar-refractivity contribution in [3.63, 3.8) is 0 Å². The van der Waals surface area contributed by atoms with Crippen LogP contribution in [0, 0.1) is 5.92 Å². The van der Waals surface area contributed by atoms with Gasteiger partial charge in [0.1, 0.15) is 5.82 Å². The summed E-state index contributed by atoms with van der Waals surface area (Å²) in [7, 11) is 0. The molecule has 0 aliphatic carbocycles. The lowest BCUT2D eigenvalue weighted by Crippen LogP contribution is -2.41. The highest BCUT2D eigenvalue weighted by Crippen LogP contribution is 2.30. The first-order valence-electron chi connectivity index (χ1n) is 9.61. The fourth-order valence-corrected chi connectivity index (χ4v) is 4.09. The van der Waals surface area contributed by atoms with E-state index in [4.69, 9.17) is 0 Å². The van der Waals surface area contributed by atoms with Gasteiger partial charge in [0.15, 0.2) is 0 Å². The van der Waals surface area contributed by atoms with Crippen LogP contribution < -0.4 is 10.2 Å². The number of benzene rings is 1. The van der Waals surface area contributed by atoms with Crippen molar-refractivity contribution in [2.24, 2.45) is 5.92 Å². The van der Waals surface area contributed by atoms with Gasteiger partial charge in [0.05, 0.1) is 5.56 Å². The largest absolute Gasteiger partial charge is 0.417 e. The number of rotatable bonds is 7. The number of hydrogen-bond acceptors (Lipinski definition) is 4. The third-order valence-corrected chi connectivity index (χ3v) is 5.95. The molecule has 156 valence electrons. The maximum atomic E-state index is 12.6. The molecule has 0 saturated carbocycles. The van der Waals surface area contributed by atoms with Crippen LogP contribution in [0.3, 0.4) is 0 Å². The minimum Gasteiger partial charge on any atom is -0.357 e. The number of alkyl halides is 3. The highest BCUT2D eigenvalue weighted by atomic mass is 32.2. The van der Waals surface area contributed by atoms with Gasteiger partial charge in [-0.3, -0.25) is 4.79 Å². The molecule has 0 unspecified atom stereocenters. The molecule has 29 heavy (non-hydrogen) atoms. The van der Waals surface area contributed by atoms with Crippen molar-refractivity contribution in [1.29, 1.82) is 0 Å². The van der Waals surface area contributed by atoms with Gasteiger partial charge in [-0.15, -0.1) is 0 Å². The van der Waals surface area contributed by atoms with Crippen molar-refractivity contribution >= 4 is 23.5 Å². The molecule has 1 aliphatic rings. The van der Waals surface area contributed by atoms with Gasteiger partial charge in [-0.2, -0.15) is 24.9 Å². The molecule has 0 atom stereocenters. The summed E-state index contributed by atoms with van der Waals surface area (Å²) in [5.41, 5.74) is 0.522. The van der Waals surface area contributed by atoms with Crippen LogP contribution in [0.2, 0.25) is 0 Å². The smallest absolute Gasteiger partial charge is 0.357 e. The van der Waals surface area contributed by atoms with Crippen LogP contribution in [-0.4, -0.2) is 36.3 Å². The number of anilines is 1. The number of thioether (sulfide) groups is 1. The SMILES string of the molecule is O=C(NCCSCc1ccccc1)C1CCN(c2ccc(C(F)(F)F)cn2)CC1. The monoisotopic (exact) mass is 423 g/mol. The number of piperidine rings is 1.